The second-order valence-corrected chi connectivity index (χ2v) is 10.8. The van der Waals surface area contributed by atoms with Crippen molar-refractivity contribution in [2.45, 2.75) is 65.1 Å². The Labute approximate surface area is 240 Å². The average Bonchev–Trinajstić information content (AvgIpc) is 3.65. The molecule has 1 amide bonds. The van der Waals surface area contributed by atoms with Crippen molar-refractivity contribution in [3.05, 3.63) is 73.7 Å². The number of carbonyl (C=O) groups excluding carboxylic acids is 1. The number of rotatable bonds is 10. The summed E-state index contributed by atoms with van der Waals surface area (Å²) in [6.07, 6.45) is 7.52. The number of aryl methyl sites for hydroxylation is 1. The molecule has 1 saturated heterocycles. The molecule has 1 aliphatic heterocycles. The first-order valence-corrected chi connectivity index (χ1v) is 14.6. The number of nitrogens with one attached hydrogen (secondary N) is 1. The van der Waals surface area contributed by atoms with Crippen molar-refractivity contribution in [1.82, 2.24) is 24.1 Å². The summed E-state index contributed by atoms with van der Waals surface area (Å²) >= 11 is 3.32. The molecule has 10 nitrogen and oxygen atoms in total. The Morgan fingerprint density at radius 1 is 1.10 bits per heavy atom. The molecule has 0 aliphatic carbocycles. The van der Waals surface area contributed by atoms with Gasteiger partial charge in [0.05, 0.1) is 17.2 Å². The van der Waals surface area contributed by atoms with Gasteiger partial charge >= 0.3 is 5.69 Å². The molecule has 1 atom stereocenters. The van der Waals surface area contributed by atoms with E-state index >= 15 is 0 Å². The maximum absolute atomic E-state index is 13.5. The third-order valence-electron chi connectivity index (χ3n) is 7.16. The Kier molecular flexibility index (Phi) is 8.60. The summed E-state index contributed by atoms with van der Waals surface area (Å²) < 4.78 is 9.39. The van der Waals surface area contributed by atoms with Gasteiger partial charge in [0.2, 0.25) is 0 Å². The molecule has 0 aromatic carbocycles. The van der Waals surface area contributed by atoms with Crippen molar-refractivity contribution in [2.24, 2.45) is 0 Å². The molecule has 1 aliphatic rings. The first-order chi connectivity index (χ1) is 19.4. The van der Waals surface area contributed by atoms with E-state index in [4.69, 9.17) is 4.74 Å². The summed E-state index contributed by atoms with van der Waals surface area (Å²) in [4.78, 5) is 53.4. The van der Waals surface area contributed by atoms with E-state index in [1.165, 1.54) is 4.57 Å². The van der Waals surface area contributed by atoms with Crippen molar-refractivity contribution < 1.29 is 9.53 Å². The summed E-state index contributed by atoms with van der Waals surface area (Å²) in [5.74, 6) is 0.322. The molecule has 1 N–H and O–H groups in total. The third-order valence-corrected chi connectivity index (χ3v) is 7.63. The molecular formula is C29H33BrN6O4. The number of aromatic nitrogens is 5. The van der Waals surface area contributed by atoms with Gasteiger partial charge < -0.3 is 9.72 Å². The highest BCUT2D eigenvalue weighted by molar-refractivity contribution is 9.10. The van der Waals surface area contributed by atoms with Crippen LogP contribution < -0.4 is 16.1 Å². The highest BCUT2D eigenvalue weighted by Gasteiger charge is 2.23. The molecule has 210 valence electrons. The minimum Gasteiger partial charge on any atom is -0.378 e. The quantitative estimate of drug-likeness (QED) is 0.260. The van der Waals surface area contributed by atoms with E-state index in [9.17, 15) is 14.4 Å². The van der Waals surface area contributed by atoms with Crippen molar-refractivity contribution in [3.63, 3.8) is 0 Å². The number of anilines is 1. The first-order valence-electron chi connectivity index (χ1n) is 13.8. The SMILES string of the molecule is CCCn1c(=O)c2[nH]c(-c3ccc(N(CCC4CCCO4)C(=O)c4ccc(Br)nc4)nc3)cc2n(CCC)c1=O. The minimum absolute atomic E-state index is 0.126. The van der Waals surface area contributed by atoms with Gasteiger partial charge in [-0.25, -0.2) is 14.8 Å². The van der Waals surface area contributed by atoms with Crippen molar-refractivity contribution >= 4 is 38.7 Å². The van der Waals surface area contributed by atoms with Gasteiger partial charge in [0.15, 0.2) is 0 Å². The fourth-order valence-corrected chi connectivity index (χ4v) is 5.37. The van der Waals surface area contributed by atoms with Crippen LogP contribution in [0, 0.1) is 0 Å². The number of carbonyl (C=O) groups is 1. The number of halogens is 1. The zero-order valence-electron chi connectivity index (χ0n) is 22.7. The molecule has 5 rings (SSSR count). The van der Waals surface area contributed by atoms with Gasteiger partial charge in [-0.2, -0.15) is 0 Å². The summed E-state index contributed by atoms with van der Waals surface area (Å²) in [7, 11) is 0. The summed E-state index contributed by atoms with van der Waals surface area (Å²) in [5.41, 5.74) is 2.26. The maximum atomic E-state index is 13.5. The van der Waals surface area contributed by atoms with Gasteiger partial charge in [-0.1, -0.05) is 13.8 Å². The largest absolute Gasteiger partial charge is 0.378 e. The van der Waals surface area contributed by atoms with Crippen molar-refractivity contribution in [2.75, 3.05) is 18.1 Å². The molecule has 40 heavy (non-hydrogen) atoms. The molecule has 11 heteroatoms. The second-order valence-electron chi connectivity index (χ2n) is 9.99. The third kappa shape index (κ3) is 5.66. The van der Waals surface area contributed by atoms with E-state index in [1.807, 2.05) is 26.0 Å². The number of H-pyrrole nitrogens is 1. The smallest absolute Gasteiger partial charge is 0.331 e. The number of fused-ring (bicyclic) bond motifs is 1. The van der Waals surface area contributed by atoms with E-state index in [0.29, 0.717) is 65.2 Å². The predicted octanol–water partition coefficient (Wildman–Crippen LogP) is 4.75. The maximum Gasteiger partial charge on any atom is 0.331 e. The van der Waals surface area contributed by atoms with Crippen LogP contribution in [0.1, 0.15) is 56.3 Å². The van der Waals surface area contributed by atoms with Crippen LogP contribution in [-0.2, 0) is 17.8 Å². The van der Waals surface area contributed by atoms with Crippen molar-refractivity contribution in [1.29, 1.82) is 0 Å². The van der Waals surface area contributed by atoms with E-state index in [2.05, 4.69) is 30.9 Å². The van der Waals surface area contributed by atoms with Gasteiger partial charge in [0.1, 0.15) is 15.9 Å². The highest BCUT2D eigenvalue weighted by atomic mass is 79.9. The van der Waals surface area contributed by atoms with Crippen LogP contribution in [0.25, 0.3) is 22.3 Å². The standard InChI is InChI=1S/C29H33BrN6O4/c1-3-12-34-23-16-22(33-26(23)28(38)36(13-4-2)29(34)39)19-8-10-25(32-17-19)35(14-11-21-6-5-15-40-21)27(37)20-7-9-24(30)31-18-20/h7-10,16-18,21,33H,3-6,11-15H2,1-2H3. The summed E-state index contributed by atoms with van der Waals surface area (Å²) in [5, 5.41) is 0. The van der Waals surface area contributed by atoms with Gasteiger partial charge in [-0.3, -0.25) is 23.6 Å². The van der Waals surface area contributed by atoms with Crippen LogP contribution in [0.4, 0.5) is 5.82 Å². The van der Waals surface area contributed by atoms with E-state index in [-0.39, 0.29) is 23.3 Å². The molecule has 5 heterocycles. The Bertz CT molecular complexity index is 1600. The lowest BCUT2D eigenvalue weighted by atomic mass is 10.1. The minimum atomic E-state index is -0.320. The molecular weight excluding hydrogens is 576 g/mol. The lowest BCUT2D eigenvalue weighted by Crippen LogP contribution is -2.39. The topological polar surface area (TPSA) is 115 Å². The van der Waals surface area contributed by atoms with Crippen LogP contribution >= 0.6 is 15.9 Å². The van der Waals surface area contributed by atoms with E-state index in [1.54, 1.807) is 40.1 Å². The van der Waals surface area contributed by atoms with Gasteiger partial charge in [-0.15, -0.1) is 0 Å². The lowest BCUT2D eigenvalue weighted by molar-refractivity contribution is 0.0947. The number of hydrogen-bond acceptors (Lipinski definition) is 6. The Balaban J connectivity index is 1.48. The fourth-order valence-electron chi connectivity index (χ4n) is 5.13. The van der Waals surface area contributed by atoms with Crippen LogP contribution in [-0.4, -0.2) is 49.2 Å². The van der Waals surface area contributed by atoms with Gasteiger partial charge in [-0.05, 0) is 78.4 Å². The van der Waals surface area contributed by atoms with Crippen LogP contribution in [0.3, 0.4) is 0 Å². The molecule has 1 fully saturated rings. The molecule has 4 aromatic heterocycles. The van der Waals surface area contributed by atoms with E-state index in [0.717, 1.165) is 31.4 Å². The highest BCUT2D eigenvalue weighted by Crippen LogP contribution is 2.25. The molecule has 0 spiro atoms. The first kappa shape index (κ1) is 28.0. The Morgan fingerprint density at radius 3 is 2.55 bits per heavy atom. The van der Waals surface area contributed by atoms with Crippen LogP contribution in [0.5, 0.6) is 0 Å². The number of nitrogens with zero attached hydrogens (tertiary/aromatic N) is 5. The molecule has 1 unspecified atom stereocenters. The molecule has 0 bridgehead atoms. The van der Waals surface area contributed by atoms with Gasteiger partial charge in [0, 0.05) is 49.9 Å². The number of aromatic amines is 1. The van der Waals surface area contributed by atoms with Crippen LogP contribution in [0.2, 0.25) is 0 Å². The zero-order chi connectivity index (χ0) is 28.2. The molecule has 4 aromatic rings. The lowest BCUT2D eigenvalue weighted by Gasteiger charge is -2.23. The molecule has 0 saturated carbocycles. The Hall–Kier alpha value is -3.57. The summed E-state index contributed by atoms with van der Waals surface area (Å²) in [6, 6.07) is 8.97. The predicted molar refractivity (Wildman–Crippen MR) is 158 cm³/mol. The van der Waals surface area contributed by atoms with Crippen molar-refractivity contribution in [3.8, 4) is 11.3 Å². The van der Waals surface area contributed by atoms with E-state index < -0.39 is 0 Å². The fraction of sp³-hybridized carbons (Fsp3) is 0.414. The Morgan fingerprint density at radius 2 is 1.90 bits per heavy atom. The normalized spacial score (nSPS) is 15.1. The molecule has 0 radical (unpaired) electrons. The average molecular weight is 610 g/mol. The second kappa shape index (κ2) is 12.3. The number of ether oxygens (including phenoxy) is 1. The monoisotopic (exact) mass is 608 g/mol. The number of hydrogen-bond donors (Lipinski definition) is 1. The van der Waals surface area contributed by atoms with Crippen LogP contribution in [0.15, 0.2) is 56.9 Å². The number of pyridine rings is 2. The summed E-state index contributed by atoms with van der Waals surface area (Å²) in [6.45, 7) is 6.03. The number of amides is 1. The van der Waals surface area contributed by atoms with Gasteiger partial charge in [0.25, 0.3) is 11.5 Å². The zero-order valence-corrected chi connectivity index (χ0v) is 24.3.